The molecule has 5 heteroatoms. The number of rotatable bonds is 3. The van der Waals surface area contributed by atoms with E-state index in [4.69, 9.17) is 4.98 Å². The van der Waals surface area contributed by atoms with Gasteiger partial charge in [0.15, 0.2) is 0 Å². The summed E-state index contributed by atoms with van der Waals surface area (Å²) in [5.74, 6) is 0.711. The van der Waals surface area contributed by atoms with Crippen LogP contribution in [0.25, 0.3) is 16.8 Å². The molecule has 0 saturated heterocycles. The molecule has 0 spiro atoms. The highest BCUT2D eigenvalue weighted by molar-refractivity contribution is 5.80. The molecule has 0 unspecified atom stereocenters. The van der Waals surface area contributed by atoms with Gasteiger partial charge in [-0.1, -0.05) is 24.3 Å². The maximum Gasteiger partial charge on any atom is 0.149 e. The molecule has 0 amide bonds. The van der Waals surface area contributed by atoms with Crippen molar-refractivity contribution < 1.29 is 0 Å². The lowest BCUT2D eigenvalue weighted by Crippen LogP contribution is -1.96. The molecule has 0 bridgehead atoms. The van der Waals surface area contributed by atoms with Gasteiger partial charge in [0.25, 0.3) is 0 Å². The van der Waals surface area contributed by atoms with Gasteiger partial charge in [-0.3, -0.25) is 4.98 Å². The standard InChI is InChI=1S/C18H15N5/c1-13-18(16-9-5-6-10-23(16)22-13)15-11-19-12-17(21-15)20-14-7-3-2-4-8-14/h2-12H,1H3,(H,20,21). The molecular formula is C18H15N5. The minimum atomic E-state index is 0.711. The van der Waals surface area contributed by atoms with Gasteiger partial charge < -0.3 is 5.32 Å². The number of fused-ring (bicyclic) bond motifs is 1. The van der Waals surface area contributed by atoms with Crippen LogP contribution in [0.3, 0.4) is 0 Å². The molecule has 23 heavy (non-hydrogen) atoms. The summed E-state index contributed by atoms with van der Waals surface area (Å²) in [5.41, 5.74) is 4.76. The highest BCUT2D eigenvalue weighted by atomic mass is 15.2. The van der Waals surface area contributed by atoms with E-state index in [-0.39, 0.29) is 0 Å². The highest BCUT2D eigenvalue weighted by Gasteiger charge is 2.13. The largest absolute Gasteiger partial charge is 0.339 e. The smallest absolute Gasteiger partial charge is 0.149 e. The Hall–Kier alpha value is -3.21. The molecule has 0 aliphatic carbocycles. The lowest BCUT2D eigenvalue weighted by Gasteiger charge is -2.07. The van der Waals surface area contributed by atoms with Crippen LogP contribution in [0.5, 0.6) is 0 Å². The molecule has 0 atom stereocenters. The van der Waals surface area contributed by atoms with E-state index < -0.39 is 0 Å². The number of pyridine rings is 1. The summed E-state index contributed by atoms with van der Waals surface area (Å²) >= 11 is 0. The first-order valence-corrected chi connectivity index (χ1v) is 7.40. The summed E-state index contributed by atoms with van der Waals surface area (Å²) in [7, 11) is 0. The van der Waals surface area contributed by atoms with Crippen molar-refractivity contribution in [3.8, 4) is 11.3 Å². The third-order valence-electron chi connectivity index (χ3n) is 3.65. The Labute approximate surface area is 133 Å². The van der Waals surface area contributed by atoms with Gasteiger partial charge >= 0.3 is 0 Å². The summed E-state index contributed by atoms with van der Waals surface area (Å²) in [5, 5.41) is 7.80. The second-order valence-electron chi connectivity index (χ2n) is 5.27. The van der Waals surface area contributed by atoms with Crippen molar-refractivity contribution in [2.75, 3.05) is 5.32 Å². The van der Waals surface area contributed by atoms with Crippen molar-refractivity contribution in [3.05, 3.63) is 72.8 Å². The molecule has 0 radical (unpaired) electrons. The summed E-state index contributed by atoms with van der Waals surface area (Å²) in [6.07, 6.45) is 5.43. The molecule has 0 aliphatic rings. The molecule has 1 aromatic carbocycles. The van der Waals surface area contributed by atoms with Crippen LogP contribution in [-0.4, -0.2) is 19.6 Å². The highest BCUT2D eigenvalue weighted by Crippen LogP contribution is 2.27. The van der Waals surface area contributed by atoms with E-state index in [9.17, 15) is 0 Å². The van der Waals surface area contributed by atoms with Crippen LogP contribution >= 0.6 is 0 Å². The van der Waals surface area contributed by atoms with Gasteiger partial charge in [0.2, 0.25) is 0 Å². The fourth-order valence-electron chi connectivity index (χ4n) is 2.65. The van der Waals surface area contributed by atoms with Crippen LogP contribution in [0, 0.1) is 6.92 Å². The number of anilines is 2. The maximum absolute atomic E-state index is 4.69. The van der Waals surface area contributed by atoms with Crippen LogP contribution in [0.2, 0.25) is 0 Å². The third-order valence-corrected chi connectivity index (χ3v) is 3.65. The number of hydrogen-bond donors (Lipinski definition) is 1. The number of para-hydroxylation sites is 1. The Morgan fingerprint density at radius 1 is 0.957 bits per heavy atom. The molecule has 0 aliphatic heterocycles. The molecular weight excluding hydrogens is 286 g/mol. The van der Waals surface area contributed by atoms with Gasteiger partial charge in [-0.2, -0.15) is 5.10 Å². The zero-order valence-corrected chi connectivity index (χ0v) is 12.6. The van der Waals surface area contributed by atoms with Gasteiger partial charge in [0.1, 0.15) is 5.82 Å². The first-order valence-electron chi connectivity index (χ1n) is 7.40. The van der Waals surface area contributed by atoms with Gasteiger partial charge in [0, 0.05) is 11.9 Å². The Bertz CT molecular complexity index is 959. The van der Waals surface area contributed by atoms with Gasteiger partial charge in [-0.15, -0.1) is 0 Å². The van der Waals surface area contributed by atoms with Crippen molar-refractivity contribution in [1.29, 1.82) is 0 Å². The molecule has 112 valence electrons. The molecule has 4 rings (SSSR count). The fourth-order valence-corrected chi connectivity index (χ4v) is 2.65. The van der Waals surface area contributed by atoms with Crippen molar-refractivity contribution in [1.82, 2.24) is 19.6 Å². The topological polar surface area (TPSA) is 55.1 Å². The average Bonchev–Trinajstić information content (AvgIpc) is 2.92. The second-order valence-corrected chi connectivity index (χ2v) is 5.27. The predicted molar refractivity (Wildman–Crippen MR) is 90.7 cm³/mol. The van der Waals surface area contributed by atoms with Crippen molar-refractivity contribution in [3.63, 3.8) is 0 Å². The molecule has 1 N–H and O–H groups in total. The summed E-state index contributed by atoms with van der Waals surface area (Å²) in [4.78, 5) is 9.02. The molecule has 5 nitrogen and oxygen atoms in total. The van der Waals surface area contributed by atoms with Crippen molar-refractivity contribution in [2.24, 2.45) is 0 Å². The van der Waals surface area contributed by atoms with E-state index in [2.05, 4.69) is 15.4 Å². The number of hydrogen-bond acceptors (Lipinski definition) is 4. The average molecular weight is 301 g/mol. The Morgan fingerprint density at radius 3 is 2.65 bits per heavy atom. The predicted octanol–water partition coefficient (Wildman–Crippen LogP) is 3.84. The van der Waals surface area contributed by atoms with Crippen LogP contribution in [0.1, 0.15) is 5.69 Å². The van der Waals surface area contributed by atoms with E-state index in [1.807, 2.05) is 66.2 Å². The molecule has 0 fully saturated rings. The molecule has 3 heterocycles. The summed E-state index contributed by atoms with van der Waals surface area (Å²) < 4.78 is 1.86. The number of nitrogens with one attached hydrogen (secondary N) is 1. The summed E-state index contributed by atoms with van der Waals surface area (Å²) in [6.45, 7) is 1.99. The molecule has 3 aromatic heterocycles. The minimum Gasteiger partial charge on any atom is -0.339 e. The van der Waals surface area contributed by atoms with Crippen molar-refractivity contribution in [2.45, 2.75) is 6.92 Å². The van der Waals surface area contributed by atoms with Gasteiger partial charge in [-0.05, 0) is 31.2 Å². The lowest BCUT2D eigenvalue weighted by atomic mass is 10.1. The van der Waals surface area contributed by atoms with Gasteiger partial charge in [-0.25, -0.2) is 9.50 Å². The Kier molecular flexibility index (Phi) is 3.24. The van der Waals surface area contributed by atoms with E-state index >= 15 is 0 Å². The van der Waals surface area contributed by atoms with Crippen LogP contribution < -0.4 is 5.32 Å². The van der Waals surface area contributed by atoms with E-state index in [0.29, 0.717) is 5.82 Å². The SMILES string of the molecule is Cc1nn2ccccc2c1-c1cncc(Nc2ccccc2)n1. The lowest BCUT2D eigenvalue weighted by molar-refractivity contribution is 0.934. The Balaban J connectivity index is 1.77. The van der Waals surface area contributed by atoms with Crippen LogP contribution in [0.4, 0.5) is 11.5 Å². The number of aromatic nitrogens is 4. The van der Waals surface area contributed by atoms with E-state index in [1.54, 1.807) is 12.4 Å². The quantitative estimate of drug-likeness (QED) is 0.624. The number of nitrogens with zero attached hydrogens (tertiary/aromatic N) is 4. The minimum absolute atomic E-state index is 0.711. The summed E-state index contributed by atoms with van der Waals surface area (Å²) in [6, 6.07) is 15.9. The fraction of sp³-hybridized carbons (Fsp3) is 0.0556. The molecule has 4 aromatic rings. The third kappa shape index (κ3) is 2.53. The van der Waals surface area contributed by atoms with E-state index in [1.165, 1.54) is 0 Å². The first-order chi connectivity index (χ1) is 11.3. The number of aryl methyl sites for hydroxylation is 1. The molecule has 0 saturated carbocycles. The zero-order chi connectivity index (χ0) is 15.6. The monoisotopic (exact) mass is 301 g/mol. The normalized spacial score (nSPS) is 10.8. The van der Waals surface area contributed by atoms with E-state index in [0.717, 1.165) is 28.2 Å². The van der Waals surface area contributed by atoms with Crippen LogP contribution in [0.15, 0.2) is 67.1 Å². The van der Waals surface area contributed by atoms with Gasteiger partial charge in [0.05, 0.1) is 34.9 Å². The Morgan fingerprint density at radius 2 is 1.78 bits per heavy atom. The van der Waals surface area contributed by atoms with Crippen molar-refractivity contribution >= 4 is 17.0 Å². The number of benzene rings is 1. The van der Waals surface area contributed by atoms with Crippen LogP contribution in [-0.2, 0) is 0 Å². The maximum atomic E-state index is 4.69. The zero-order valence-electron chi connectivity index (χ0n) is 12.6. The first kappa shape index (κ1) is 13.5. The second kappa shape index (κ2) is 5.53.